The van der Waals surface area contributed by atoms with Gasteiger partial charge in [-0.25, -0.2) is 0 Å². The molecule has 0 bridgehead atoms. The Morgan fingerprint density at radius 1 is 1.00 bits per heavy atom. The Labute approximate surface area is 176 Å². The van der Waals surface area contributed by atoms with Crippen LogP contribution in [0.5, 0.6) is 0 Å². The van der Waals surface area contributed by atoms with Crippen molar-refractivity contribution >= 4 is 17.5 Å². The summed E-state index contributed by atoms with van der Waals surface area (Å²) < 4.78 is 7.94. The Morgan fingerprint density at radius 2 is 1.62 bits per heavy atom. The molecule has 3 aromatic rings. The fraction of sp³-hybridized carbons (Fsp3) is 0.292. The summed E-state index contributed by atoms with van der Waals surface area (Å²) in [5, 5.41) is 0.691. The first kappa shape index (κ1) is 19.7. The van der Waals surface area contributed by atoms with Crippen molar-refractivity contribution in [2.45, 2.75) is 33.0 Å². The average Bonchev–Trinajstić information content (AvgIpc) is 3.05. The van der Waals surface area contributed by atoms with E-state index in [1.165, 1.54) is 0 Å². The first-order valence-corrected chi connectivity index (χ1v) is 10.3. The summed E-state index contributed by atoms with van der Waals surface area (Å²) in [5.74, 6) is 0.0504. The van der Waals surface area contributed by atoms with E-state index in [0.29, 0.717) is 18.1 Å². The topological polar surface area (TPSA) is 34.5 Å². The molecule has 0 radical (unpaired) electrons. The largest absolute Gasteiger partial charge is 0.372 e. The molecule has 2 aromatic carbocycles. The molecule has 1 aromatic heterocycles. The lowest BCUT2D eigenvalue weighted by molar-refractivity contribution is -0.0586. The summed E-state index contributed by atoms with van der Waals surface area (Å²) >= 11 is 6.09. The molecule has 5 heteroatoms. The van der Waals surface area contributed by atoms with Gasteiger partial charge in [-0.05, 0) is 56.7 Å². The molecular weight excluding hydrogens is 384 g/mol. The molecule has 0 saturated carbocycles. The van der Waals surface area contributed by atoms with E-state index in [2.05, 4.69) is 16.7 Å². The van der Waals surface area contributed by atoms with Gasteiger partial charge in [-0.2, -0.15) is 0 Å². The van der Waals surface area contributed by atoms with Gasteiger partial charge in [-0.15, -0.1) is 0 Å². The lowest BCUT2D eigenvalue weighted by Gasteiger charge is -2.35. The molecular formula is C24H25ClN2O2. The monoisotopic (exact) mass is 408 g/mol. The third-order valence-electron chi connectivity index (χ3n) is 5.34. The van der Waals surface area contributed by atoms with Crippen molar-refractivity contribution in [1.82, 2.24) is 9.47 Å². The number of amides is 1. The molecule has 1 aliphatic rings. The Balaban J connectivity index is 1.81. The Morgan fingerprint density at radius 3 is 2.24 bits per heavy atom. The molecule has 2 unspecified atom stereocenters. The molecule has 1 fully saturated rings. The minimum absolute atomic E-state index is 0.0370. The van der Waals surface area contributed by atoms with Crippen LogP contribution in [0, 0.1) is 6.92 Å². The zero-order valence-corrected chi connectivity index (χ0v) is 17.7. The fourth-order valence-electron chi connectivity index (χ4n) is 4.08. The maximum Gasteiger partial charge on any atom is 0.255 e. The van der Waals surface area contributed by atoms with Crippen LogP contribution >= 0.6 is 11.6 Å². The van der Waals surface area contributed by atoms with E-state index in [1.54, 1.807) is 0 Å². The smallest absolute Gasteiger partial charge is 0.255 e. The van der Waals surface area contributed by atoms with Gasteiger partial charge in [-0.3, -0.25) is 4.79 Å². The number of aromatic nitrogens is 1. The molecule has 29 heavy (non-hydrogen) atoms. The van der Waals surface area contributed by atoms with Gasteiger partial charge in [0.1, 0.15) is 0 Å². The first-order chi connectivity index (χ1) is 13.9. The van der Waals surface area contributed by atoms with Crippen LogP contribution in [0.25, 0.3) is 16.9 Å². The highest BCUT2D eigenvalue weighted by Gasteiger charge is 2.29. The van der Waals surface area contributed by atoms with Crippen LogP contribution < -0.4 is 0 Å². The number of halogens is 1. The lowest BCUT2D eigenvalue weighted by Crippen LogP contribution is -2.48. The highest BCUT2D eigenvalue weighted by atomic mass is 35.5. The average molecular weight is 409 g/mol. The van der Waals surface area contributed by atoms with Crippen LogP contribution in [-0.4, -0.2) is 40.7 Å². The molecule has 4 rings (SSSR count). The number of carbonyl (C=O) groups excluding carboxylic acids is 1. The van der Waals surface area contributed by atoms with Crippen molar-refractivity contribution in [3.63, 3.8) is 0 Å². The first-order valence-electron chi connectivity index (χ1n) is 9.92. The van der Waals surface area contributed by atoms with Crippen LogP contribution in [-0.2, 0) is 4.74 Å². The summed E-state index contributed by atoms with van der Waals surface area (Å²) in [6, 6.07) is 19.8. The predicted molar refractivity (Wildman–Crippen MR) is 117 cm³/mol. The number of benzene rings is 2. The normalized spacial score (nSPS) is 19.4. The van der Waals surface area contributed by atoms with E-state index >= 15 is 0 Å². The summed E-state index contributed by atoms with van der Waals surface area (Å²) in [6.45, 7) is 7.24. The molecule has 1 saturated heterocycles. The number of para-hydroxylation sites is 1. The molecule has 2 heterocycles. The summed E-state index contributed by atoms with van der Waals surface area (Å²) in [7, 11) is 0. The third-order valence-corrected chi connectivity index (χ3v) is 5.59. The van der Waals surface area contributed by atoms with Crippen LogP contribution in [0.4, 0.5) is 0 Å². The second kappa shape index (κ2) is 8.05. The second-order valence-corrected chi connectivity index (χ2v) is 8.11. The van der Waals surface area contributed by atoms with Gasteiger partial charge in [-0.1, -0.05) is 41.9 Å². The fourth-order valence-corrected chi connectivity index (χ4v) is 4.21. The molecule has 150 valence electrons. The number of morpholine rings is 1. The third kappa shape index (κ3) is 3.96. The maximum atomic E-state index is 13.4. The summed E-state index contributed by atoms with van der Waals surface area (Å²) in [4.78, 5) is 15.3. The van der Waals surface area contributed by atoms with E-state index < -0.39 is 0 Å². The van der Waals surface area contributed by atoms with Crippen LogP contribution in [0.1, 0.15) is 29.9 Å². The van der Waals surface area contributed by atoms with Gasteiger partial charge in [0.15, 0.2) is 0 Å². The second-order valence-electron chi connectivity index (χ2n) is 7.67. The molecule has 0 aliphatic carbocycles. The quantitative estimate of drug-likeness (QED) is 0.585. The zero-order chi connectivity index (χ0) is 20.5. The number of hydrogen-bond donors (Lipinski definition) is 0. The Kier molecular flexibility index (Phi) is 5.48. The SMILES string of the molecule is Cc1c(C(=O)N2CC(C)OC(C)C2)cc(-c2ccc(Cl)cc2)n1-c1ccccc1. The highest BCUT2D eigenvalue weighted by molar-refractivity contribution is 6.30. The highest BCUT2D eigenvalue weighted by Crippen LogP contribution is 2.31. The van der Waals surface area contributed by atoms with E-state index in [-0.39, 0.29) is 18.1 Å². The molecule has 2 atom stereocenters. The van der Waals surface area contributed by atoms with Crippen molar-refractivity contribution in [3.8, 4) is 16.9 Å². The van der Waals surface area contributed by atoms with Crippen molar-refractivity contribution in [2.75, 3.05) is 13.1 Å². The Bertz CT molecular complexity index is 1000. The summed E-state index contributed by atoms with van der Waals surface area (Å²) in [6.07, 6.45) is 0.0740. The van der Waals surface area contributed by atoms with Gasteiger partial charge in [0.2, 0.25) is 0 Å². The van der Waals surface area contributed by atoms with Gasteiger partial charge >= 0.3 is 0 Å². The van der Waals surface area contributed by atoms with E-state index in [0.717, 1.165) is 28.2 Å². The molecule has 4 nitrogen and oxygen atoms in total. The van der Waals surface area contributed by atoms with Crippen LogP contribution in [0.2, 0.25) is 5.02 Å². The number of ether oxygens (including phenoxy) is 1. The van der Waals surface area contributed by atoms with E-state index in [4.69, 9.17) is 16.3 Å². The van der Waals surface area contributed by atoms with Gasteiger partial charge in [0.05, 0.1) is 23.5 Å². The minimum atomic E-state index is 0.0370. The number of hydrogen-bond acceptors (Lipinski definition) is 2. The molecule has 0 N–H and O–H groups in total. The van der Waals surface area contributed by atoms with Crippen molar-refractivity contribution in [1.29, 1.82) is 0 Å². The van der Waals surface area contributed by atoms with Crippen molar-refractivity contribution < 1.29 is 9.53 Å². The Hall–Kier alpha value is -2.56. The number of carbonyl (C=O) groups is 1. The van der Waals surface area contributed by atoms with Crippen molar-refractivity contribution in [3.05, 3.63) is 76.9 Å². The number of rotatable bonds is 3. The molecule has 0 spiro atoms. The zero-order valence-electron chi connectivity index (χ0n) is 16.9. The maximum absolute atomic E-state index is 13.4. The van der Waals surface area contributed by atoms with Gasteiger partial charge in [0, 0.05) is 29.5 Å². The van der Waals surface area contributed by atoms with Crippen molar-refractivity contribution in [2.24, 2.45) is 0 Å². The van der Waals surface area contributed by atoms with E-state index in [9.17, 15) is 4.79 Å². The lowest BCUT2D eigenvalue weighted by atomic mass is 10.1. The number of nitrogens with zero attached hydrogens (tertiary/aromatic N) is 2. The molecule has 1 aliphatic heterocycles. The predicted octanol–water partition coefficient (Wildman–Crippen LogP) is 5.36. The van der Waals surface area contributed by atoms with Gasteiger partial charge < -0.3 is 14.2 Å². The van der Waals surface area contributed by atoms with Crippen LogP contribution in [0.3, 0.4) is 0 Å². The van der Waals surface area contributed by atoms with Gasteiger partial charge in [0.25, 0.3) is 5.91 Å². The van der Waals surface area contributed by atoms with Crippen LogP contribution in [0.15, 0.2) is 60.7 Å². The summed E-state index contributed by atoms with van der Waals surface area (Å²) in [5.41, 5.74) is 4.67. The van der Waals surface area contributed by atoms with E-state index in [1.807, 2.05) is 74.2 Å². The minimum Gasteiger partial charge on any atom is -0.372 e. The molecule has 1 amide bonds. The standard InChI is InChI=1S/C24H25ClN2O2/c1-16-14-26(15-17(2)29-16)24(28)22-13-23(19-9-11-20(25)12-10-19)27(18(22)3)21-7-5-4-6-8-21/h4-13,16-17H,14-15H2,1-3H3.